The fraction of sp³-hybridized carbons (Fsp3) is 0.647. The molecule has 0 aliphatic carbocycles. The zero-order valence-corrected chi connectivity index (χ0v) is 14.5. The van der Waals surface area contributed by atoms with E-state index in [0.29, 0.717) is 23.5 Å². The van der Waals surface area contributed by atoms with E-state index in [1.165, 1.54) is 32.2 Å². The van der Waals surface area contributed by atoms with Gasteiger partial charge in [0.1, 0.15) is 11.8 Å². The van der Waals surface area contributed by atoms with Crippen molar-refractivity contribution in [2.45, 2.75) is 45.1 Å². The summed E-state index contributed by atoms with van der Waals surface area (Å²) < 4.78 is 0. The number of likely N-dealkylation sites (tertiary alicyclic amines) is 1. The van der Waals surface area contributed by atoms with Crippen molar-refractivity contribution < 1.29 is 4.79 Å². The summed E-state index contributed by atoms with van der Waals surface area (Å²) in [5, 5.41) is 0.361. The number of carbonyl (C=O) groups is 1. The molecule has 5 nitrogen and oxygen atoms in total. The molecule has 2 unspecified atom stereocenters. The third-order valence-electron chi connectivity index (χ3n) is 4.90. The van der Waals surface area contributed by atoms with Crippen LogP contribution in [0.5, 0.6) is 0 Å². The average Bonchev–Trinajstić information content (AvgIpc) is 2.58. The normalized spacial score (nSPS) is 28.0. The Labute approximate surface area is 143 Å². The molecular formula is C17H24N4OS. The summed E-state index contributed by atoms with van der Waals surface area (Å²) in [5.41, 5.74) is 0. The summed E-state index contributed by atoms with van der Waals surface area (Å²) in [6, 6.07) is 0.702. The average molecular weight is 332 g/mol. The van der Waals surface area contributed by atoms with Crippen LogP contribution in [0.15, 0.2) is 22.1 Å². The van der Waals surface area contributed by atoms with E-state index in [4.69, 9.17) is 12.2 Å². The maximum atomic E-state index is 12.6. The van der Waals surface area contributed by atoms with Crippen molar-refractivity contribution in [2.24, 2.45) is 15.9 Å². The molecule has 0 radical (unpaired) electrons. The van der Waals surface area contributed by atoms with Crippen LogP contribution in [0.25, 0.3) is 0 Å². The first kappa shape index (κ1) is 16.5. The van der Waals surface area contributed by atoms with E-state index in [0.717, 1.165) is 13.0 Å². The van der Waals surface area contributed by atoms with Gasteiger partial charge in [-0.25, -0.2) is 9.98 Å². The van der Waals surface area contributed by atoms with Crippen molar-refractivity contribution in [1.82, 2.24) is 9.80 Å². The van der Waals surface area contributed by atoms with Gasteiger partial charge in [0.25, 0.3) is 0 Å². The molecule has 0 aromatic heterocycles. The molecule has 1 amide bonds. The number of amidine groups is 1. The molecular weight excluding hydrogens is 308 g/mol. The van der Waals surface area contributed by atoms with E-state index >= 15 is 0 Å². The first-order valence-corrected chi connectivity index (χ1v) is 9.00. The number of amides is 1. The third kappa shape index (κ3) is 3.58. The minimum atomic E-state index is -0.356. The van der Waals surface area contributed by atoms with E-state index in [9.17, 15) is 4.79 Å². The number of nitrogens with zero attached hydrogens (tertiary/aromatic N) is 4. The Morgan fingerprint density at radius 3 is 3.04 bits per heavy atom. The number of hydrogen-bond acceptors (Lipinski definition) is 4. The first-order chi connectivity index (χ1) is 11.2. The third-order valence-corrected chi connectivity index (χ3v) is 5.21. The van der Waals surface area contributed by atoms with Crippen molar-refractivity contribution in [2.75, 3.05) is 19.6 Å². The van der Waals surface area contributed by atoms with E-state index < -0.39 is 0 Å². The van der Waals surface area contributed by atoms with Gasteiger partial charge in [-0.15, -0.1) is 0 Å². The van der Waals surface area contributed by atoms with Crippen LogP contribution in [-0.4, -0.2) is 58.5 Å². The summed E-state index contributed by atoms with van der Waals surface area (Å²) in [4.78, 5) is 25.3. The smallest absolute Gasteiger partial charge is 0.243 e. The summed E-state index contributed by atoms with van der Waals surface area (Å²) in [7, 11) is 0. The second-order valence-corrected chi connectivity index (χ2v) is 6.70. The topological polar surface area (TPSA) is 48.3 Å². The van der Waals surface area contributed by atoms with E-state index in [1.807, 2.05) is 6.08 Å². The molecule has 0 saturated carbocycles. The highest BCUT2D eigenvalue weighted by Gasteiger charge is 2.34. The Balaban J connectivity index is 1.57. The van der Waals surface area contributed by atoms with Gasteiger partial charge in [-0.1, -0.05) is 19.4 Å². The molecule has 0 spiro atoms. The first-order valence-electron chi connectivity index (χ1n) is 8.59. The van der Waals surface area contributed by atoms with Gasteiger partial charge in [0.05, 0.1) is 0 Å². The summed E-state index contributed by atoms with van der Waals surface area (Å²) in [6.45, 7) is 5.12. The second kappa shape index (κ2) is 7.45. The van der Waals surface area contributed by atoms with Crippen molar-refractivity contribution in [3.05, 3.63) is 12.2 Å². The zero-order chi connectivity index (χ0) is 16.2. The van der Waals surface area contributed by atoms with Gasteiger partial charge < -0.3 is 4.90 Å². The van der Waals surface area contributed by atoms with Crippen molar-refractivity contribution in [3.8, 4) is 0 Å². The van der Waals surface area contributed by atoms with Gasteiger partial charge in [-0.05, 0) is 50.5 Å². The summed E-state index contributed by atoms with van der Waals surface area (Å²) >= 11 is 5.29. The molecule has 0 aromatic carbocycles. The molecule has 0 aromatic rings. The zero-order valence-electron chi connectivity index (χ0n) is 13.6. The monoisotopic (exact) mass is 332 g/mol. The van der Waals surface area contributed by atoms with Gasteiger partial charge in [-0.2, -0.15) is 0 Å². The Morgan fingerprint density at radius 1 is 1.35 bits per heavy atom. The van der Waals surface area contributed by atoms with Gasteiger partial charge in [-0.3, -0.25) is 9.69 Å². The quantitative estimate of drug-likeness (QED) is 0.727. The lowest BCUT2D eigenvalue weighted by molar-refractivity contribution is -0.128. The Morgan fingerprint density at radius 2 is 2.22 bits per heavy atom. The standard InChI is InChI=1S/C17H24N4OS/c1-2-13-7-3-4-10-20(13)11-6-12-21-16(22)14-8-5-9-18-15(14)19-17(21)23/h5,8-9,13-14H,2-4,6-7,10-12H2,1H3. The number of dihydropyridines is 1. The lowest BCUT2D eigenvalue weighted by atomic mass is 9.99. The molecule has 3 heterocycles. The summed E-state index contributed by atoms with van der Waals surface area (Å²) in [6.07, 6.45) is 11.4. The largest absolute Gasteiger partial charge is 0.300 e. The SMILES string of the molecule is CCC1CCCCN1CCCN1C(=O)C2C=CC=NC2=NC1=S. The number of fused-ring (bicyclic) bond motifs is 1. The lowest BCUT2D eigenvalue weighted by Crippen LogP contribution is -2.47. The molecule has 3 rings (SSSR count). The lowest BCUT2D eigenvalue weighted by Gasteiger charge is -2.36. The molecule has 6 heteroatoms. The van der Waals surface area contributed by atoms with Crippen LogP contribution >= 0.6 is 12.2 Å². The van der Waals surface area contributed by atoms with E-state index in [1.54, 1.807) is 17.2 Å². The highest BCUT2D eigenvalue weighted by atomic mass is 32.1. The minimum Gasteiger partial charge on any atom is -0.300 e. The molecule has 0 N–H and O–H groups in total. The maximum absolute atomic E-state index is 12.6. The van der Waals surface area contributed by atoms with Crippen LogP contribution < -0.4 is 0 Å². The molecule has 3 aliphatic heterocycles. The van der Waals surface area contributed by atoms with Crippen molar-refractivity contribution in [1.29, 1.82) is 0 Å². The van der Waals surface area contributed by atoms with Crippen molar-refractivity contribution in [3.63, 3.8) is 0 Å². The number of allylic oxidation sites excluding steroid dienone is 1. The van der Waals surface area contributed by atoms with Crippen LogP contribution in [0.4, 0.5) is 0 Å². The van der Waals surface area contributed by atoms with Crippen molar-refractivity contribution >= 4 is 35.3 Å². The number of piperidine rings is 1. The van der Waals surface area contributed by atoms with Gasteiger partial charge >= 0.3 is 0 Å². The number of thiocarbonyl (C=S) groups is 1. The molecule has 3 aliphatic rings. The fourth-order valence-corrected chi connectivity index (χ4v) is 3.89. The predicted molar refractivity (Wildman–Crippen MR) is 97.0 cm³/mol. The molecule has 1 saturated heterocycles. The van der Waals surface area contributed by atoms with Crippen LogP contribution in [0.3, 0.4) is 0 Å². The molecule has 0 bridgehead atoms. The molecule has 23 heavy (non-hydrogen) atoms. The van der Waals surface area contributed by atoms with Gasteiger partial charge in [0, 0.05) is 25.3 Å². The van der Waals surface area contributed by atoms with Gasteiger partial charge in [0.15, 0.2) is 0 Å². The Hall–Kier alpha value is -1.40. The Bertz CT molecular complexity index is 569. The van der Waals surface area contributed by atoms with Gasteiger partial charge in [0.2, 0.25) is 11.0 Å². The molecule has 1 fully saturated rings. The molecule has 124 valence electrons. The predicted octanol–water partition coefficient (Wildman–Crippen LogP) is 2.42. The highest BCUT2D eigenvalue weighted by molar-refractivity contribution is 7.80. The fourth-order valence-electron chi connectivity index (χ4n) is 3.61. The second-order valence-electron chi connectivity index (χ2n) is 6.33. The van der Waals surface area contributed by atoms with Crippen LogP contribution in [-0.2, 0) is 4.79 Å². The number of aliphatic imine (C=N–C) groups is 2. The number of hydrogen-bond donors (Lipinski definition) is 0. The Kier molecular flexibility index (Phi) is 5.33. The number of rotatable bonds is 5. The minimum absolute atomic E-state index is 0.0128. The van der Waals surface area contributed by atoms with E-state index in [-0.39, 0.29) is 11.8 Å². The molecule has 2 atom stereocenters. The maximum Gasteiger partial charge on any atom is 0.243 e. The van der Waals surface area contributed by atoms with E-state index in [2.05, 4.69) is 21.8 Å². The number of carbonyl (C=O) groups excluding carboxylic acids is 1. The van der Waals surface area contributed by atoms with Crippen LogP contribution in [0.1, 0.15) is 39.0 Å². The highest BCUT2D eigenvalue weighted by Crippen LogP contribution is 2.21. The van der Waals surface area contributed by atoms with Crippen LogP contribution in [0, 0.1) is 5.92 Å². The summed E-state index contributed by atoms with van der Waals surface area (Å²) in [5.74, 6) is 0.185. The van der Waals surface area contributed by atoms with Crippen LogP contribution in [0.2, 0.25) is 0 Å².